The first kappa shape index (κ1) is 22.9. The summed E-state index contributed by atoms with van der Waals surface area (Å²) in [4.78, 5) is 25.5. The Morgan fingerprint density at radius 2 is 1.16 bits per heavy atom. The number of carbonyl (C=O) groups excluding carboxylic acids is 2. The van der Waals surface area contributed by atoms with Crippen molar-refractivity contribution in [1.82, 2.24) is 0 Å². The maximum Gasteiger partial charge on any atom is 0.320 e. The van der Waals surface area contributed by atoms with Crippen molar-refractivity contribution in [3.8, 4) is 11.5 Å². The molecule has 0 aliphatic rings. The molecule has 0 spiro atoms. The summed E-state index contributed by atoms with van der Waals surface area (Å²) in [5, 5.41) is 19.3. The Labute approximate surface area is 187 Å². The van der Waals surface area contributed by atoms with Crippen LogP contribution < -0.4 is 0 Å². The molecule has 32 heavy (non-hydrogen) atoms. The van der Waals surface area contributed by atoms with Crippen molar-refractivity contribution in [2.75, 3.05) is 13.2 Å². The molecule has 6 nitrogen and oxygen atoms in total. The van der Waals surface area contributed by atoms with E-state index in [2.05, 4.69) is 0 Å². The zero-order chi connectivity index (χ0) is 22.8. The van der Waals surface area contributed by atoms with Crippen molar-refractivity contribution in [3.63, 3.8) is 0 Å². The Morgan fingerprint density at radius 1 is 0.656 bits per heavy atom. The minimum absolute atomic E-state index is 0.0117. The number of ether oxygens (including phenoxy) is 2. The van der Waals surface area contributed by atoms with Crippen LogP contribution in [0.15, 0.2) is 78.9 Å². The Bertz CT molecular complexity index is 960. The summed E-state index contributed by atoms with van der Waals surface area (Å²) in [6, 6.07) is 23.3. The van der Waals surface area contributed by atoms with Gasteiger partial charge in [-0.15, -0.1) is 0 Å². The second kappa shape index (κ2) is 11.6. The van der Waals surface area contributed by atoms with Gasteiger partial charge in [-0.1, -0.05) is 66.7 Å². The fourth-order valence-corrected chi connectivity index (χ4v) is 3.22. The Kier molecular flexibility index (Phi) is 8.26. The molecule has 0 radical (unpaired) electrons. The lowest BCUT2D eigenvalue weighted by atomic mass is 9.99. The van der Waals surface area contributed by atoms with Gasteiger partial charge in [0.2, 0.25) is 0 Å². The summed E-state index contributed by atoms with van der Waals surface area (Å²) in [7, 11) is 0. The van der Waals surface area contributed by atoms with Gasteiger partial charge in [0.15, 0.2) is 17.4 Å². The molecule has 0 aromatic heterocycles. The average molecular weight is 434 g/mol. The summed E-state index contributed by atoms with van der Waals surface area (Å²) < 4.78 is 10.7. The van der Waals surface area contributed by atoms with Gasteiger partial charge in [-0.25, -0.2) is 0 Å². The highest BCUT2D eigenvalue weighted by Crippen LogP contribution is 2.26. The molecule has 0 unspecified atom stereocenters. The summed E-state index contributed by atoms with van der Waals surface area (Å²) >= 11 is 0. The van der Waals surface area contributed by atoms with Gasteiger partial charge in [-0.2, -0.15) is 0 Å². The van der Waals surface area contributed by atoms with Crippen molar-refractivity contribution in [2.24, 2.45) is 5.92 Å². The molecule has 3 rings (SSSR count). The molecule has 3 aromatic rings. The third-order valence-corrected chi connectivity index (χ3v) is 5.00. The monoisotopic (exact) mass is 434 g/mol. The molecule has 0 saturated carbocycles. The van der Waals surface area contributed by atoms with Gasteiger partial charge < -0.3 is 19.7 Å². The molecule has 0 saturated heterocycles. The summed E-state index contributed by atoms with van der Waals surface area (Å²) in [5.41, 5.74) is 2.54. The lowest BCUT2D eigenvalue weighted by molar-refractivity contribution is -0.162. The van der Waals surface area contributed by atoms with Crippen LogP contribution in [0.4, 0.5) is 0 Å². The van der Waals surface area contributed by atoms with Gasteiger partial charge in [0.1, 0.15) is 0 Å². The van der Waals surface area contributed by atoms with Gasteiger partial charge in [0.25, 0.3) is 0 Å². The quantitative estimate of drug-likeness (QED) is 0.286. The topological polar surface area (TPSA) is 93.1 Å². The lowest BCUT2D eigenvalue weighted by Gasteiger charge is -2.16. The van der Waals surface area contributed by atoms with Crippen LogP contribution in [0, 0.1) is 5.92 Å². The third kappa shape index (κ3) is 6.87. The number of aromatic hydroxyl groups is 2. The molecule has 0 fully saturated rings. The van der Waals surface area contributed by atoms with Crippen LogP contribution in [-0.2, 0) is 38.3 Å². The first-order valence-electron chi connectivity index (χ1n) is 10.4. The van der Waals surface area contributed by atoms with Crippen molar-refractivity contribution < 1.29 is 29.3 Å². The number of esters is 2. The maximum atomic E-state index is 12.7. The largest absolute Gasteiger partial charge is 0.504 e. The molecule has 0 amide bonds. The van der Waals surface area contributed by atoms with E-state index in [1.165, 1.54) is 18.2 Å². The molecular weight excluding hydrogens is 408 g/mol. The molecule has 166 valence electrons. The van der Waals surface area contributed by atoms with E-state index < -0.39 is 17.9 Å². The van der Waals surface area contributed by atoms with Crippen molar-refractivity contribution in [1.29, 1.82) is 0 Å². The molecule has 0 atom stereocenters. The minimum atomic E-state index is -1.18. The number of phenols is 2. The number of phenolic OH excluding ortho intramolecular Hbond substituents is 2. The maximum absolute atomic E-state index is 12.7. The number of carbonyl (C=O) groups is 2. The third-order valence-electron chi connectivity index (χ3n) is 5.00. The normalized spacial score (nSPS) is 10.7. The fraction of sp³-hybridized carbons (Fsp3) is 0.231. The van der Waals surface area contributed by atoms with E-state index in [-0.39, 0.29) is 31.1 Å². The van der Waals surface area contributed by atoms with E-state index in [4.69, 9.17) is 9.47 Å². The van der Waals surface area contributed by atoms with Crippen LogP contribution >= 0.6 is 0 Å². The van der Waals surface area contributed by atoms with Crippen LogP contribution in [0.2, 0.25) is 0 Å². The van der Waals surface area contributed by atoms with E-state index in [1.54, 1.807) is 0 Å². The smallest absolute Gasteiger partial charge is 0.320 e. The molecule has 0 aliphatic heterocycles. The van der Waals surface area contributed by atoms with Gasteiger partial charge in [0.05, 0.1) is 13.2 Å². The minimum Gasteiger partial charge on any atom is -0.504 e. The first-order chi connectivity index (χ1) is 15.5. The zero-order valence-corrected chi connectivity index (χ0v) is 17.6. The van der Waals surface area contributed by atoms with E-state index in [1.807, 2.05) is 60.7 Å². The predicted molar refractivity (Wildman–Crippen MR) is 119 cm³/mol. The molecule has 0 aliphatic carbocycles. The molecule has 3 aromatic carbocycles. The molecule has 6 heteroatoms. The Balaban J connectivity index is 1.62. The van der Waals surface area contributed by atoms with E-state index in [0.29, 0.717) is 18.4 Å². The van der Waals surface area contributed by atoms with Crippen LogP contribution in [0.5, 0.6) is 11.5 Å². The predicted octanol–water partition coefficient (Wildman–Crippen LogP) is 3.83. The van der Waals surface area contributed by atoms with Gasteiger partial charge in [-0.3, -0.25) is 9.59 Å². The second-order valence-electron chi connectivity index (χ2n) is 7.39. The van der Waals surface area contributed by atoms with Crippen LogP contribution in [0.1, 0.15) is 16.7 Å². The SMILES string of the molecule is O=C(OCCc1ccccc1)C(Cc1ccc(O)c(O)c1)C(=O)OCCc1ccccc1. The van der Waals surface area contributed by atoms with Crippen molar-refractivity contribution in [2.45, 2.75) is 19.3 Å². The molecule has 2 N–H and O–H groups in total. The Hall–Kier alpha value is -3.80. The number of rotatable bonds is 10. The van der Waals surface area contributed by atoms with E-state index in [9.17, 15) is 19.8 Å². The van der Waals surface area contributed by atoms with Gasteiger partial charge >= 0.3 is 11.9 Å². The van der Waals surface area contributed by atoms with Crippen LogP contribution in [0.25, 0.3) is 0 Å². The number of hydrogen-bond donors (Lipinski definition) is 2. The highest BCUT2D eigenvalue weighted by molar-refractivity contribution is 5.95. The van der Waals surface area contributed by atoms with Crippen molar-refractivity contribution >= 4 is 11.9 Å². The lowest BCUT2D eigenvalue weighted by Crippen LogP contribution is -2.31. The van der Waals surface area contributed by atoms with Crippen molar-refractivity contribution in [3.05, 3.63) is 95.6 Å². The number of benzene rings is 3. The second-order valence-corrected chi connectivity index (χ2v) is 7.39. The zero-order valence-electron chi connectivity index (χ0n) is 17.6. The standard InChI is InChI=1S/C26H26O6/c27-23-12-11-21(18-24(23)28)17-22(25(29)31-15-13-19-7-3-1-4-8-19)26(30)32-16-14-20-9-5-2-6-10-20/h1-12,18,22,27-28H,13-17H2. The number of hydrogen-bond acceptors (Lipinski definition) is 6. The highest BCUT2D eigenvalue weighted by atomic mass is 16.6. The highest BCUT2D eigenvalue weighted by Gasteiger charge is 2.30. The van der Waals surface area contributed by atoms with Crippen LogP contribution in [0.3, 0.4) is 0 Å². The van der Waals surface area contributed by atoms with E-state index in [0.717, 1.165) is 11.1 Å². The average Bonchev–Trinajstić information content (AvgIpc) is 2.81. The summed E-state index contributed by atoms with van der Waals surface area (Å²) in [5.74, 6) is -3.14. The van der Waals surface area contributed by atoms with Gasteiger partial charge in [0, 0.05) is 12.8 Å². The fourth-order valence-electron chi connectivity index (χ4n) is 3.22. The molecule has 0 bridgehead atoms. The molecule has 0 heterocycles. The van der Waals surface area contributed by atoms with E-state index >= 15 is 0 Å². The van der Waals surface area contributed by atoms with Crippen LogP contribution in [-0.4, -0.2) is 35.4 Å². The summed E-state index contributed by atoms with van der Waals surface area (Å²) in [6.07, 6.45) is 1.05. The Morgan fingerprint density at radius 3 is 1.62 bits per heavy atom. The molecular formula is C26H26O6. The first-order valence-corrected chi connectivity index (χ1v) is 10.4. The summed E-state index contributed by atoms with van der Waals surface area (Å²) in [6.45, 7) is 0.273. The van der Waals surface area contributed by atoms with Gasteiger partial charge in [-0.05, 0) is 35.2 Å².